The van der Waals surface area contributed by atoms with E-state index < -0.39 is 0 Å². The lowest BCUT2D eigenvalue weighted by atomic mass is 10.2. The predicted octanol–water partition coefficient (Wildman–Crippen LogP) is 3.31. The maximum Gasteiger partial charge on any atom is 0.271 e. The first-order valence-electron chi connectivity index (χ1n) is 8.03. The summed E-state index contributed by atoms with van der Waals surface area (Å²) < 4.78 is 10.9. The van der Waals surface area contributed by atoms with E-state index in [1.807, 2.05) is 48.5 Å². The molecule has 0 saturated heterocycles. The molecule has 3 heterocycles. The Bertz CT molecular complexity index is 968. The minimum Gasteiger partial charge on any atom is -0.468 e. The van der Waals surface area contributed by atoms with Crippen molar-refractivity contribution in [2.75, 3.05) is 0 Å². The average molecular weight is 335 g/mol. The van der Waals surface area contributed by atoms with Crippen LogP contribution in [0.2, 0.25) is 0 Å². The molecule has 0 aliphatic heterocycles. The molecule has 0 spiro atoms. The van der Waals surface area contributed by atoms with Gasteiger partial charge in [-0.1, -0.05) is 12.1 Å². The van der Waals surface area contributed by atoms with Crippen LogP contribution in [0.1, 0.15) is 17.2 Å². The first kappa shape index (κ1) is 15.4. The fourth-order valence-electron chi connectivity index (χ4n) is 2.80. The van der Waals surface area contributed by atoms with E-state index in [2.05, 4.69) is 14.9 Å². The van der Waals surface area contributed by atoms with Crippen LogP contribution in [-0.4, -0.2) is 14.9 Å². The van der Waals surface area contributed by atoms with E-state index in [-0.39, 0.29) is 5.56 Å². The summed E-state index contributed by atoms with van der Waals surface area (Å²) in [5.41, 5.74) is 1.80. The molecule has 4 rings (SSSR count). The van der Waals surface area contributed by atoms with Crippen molar-refractivity contribution in [3.8, 4) is 0 Å². The van der Waals surface area contributed by atoms with Gasteiger partial charge in [-0.05, 0) is 36.4 Å². The predicted molar refractivity (Wildman–Crippen MR) is 92.7 cm³/mol. The first-order valence-corrected chi connectivity index (χ1v) is 8.03. The van der Waals surface area contributed by atoms with Gasteiger partial charge in [-0.25, -0.2) is 4.98 Å². The number of hydrogen-bond acceptors (Lipinski definition) is 5. The molecule has 0 fully saturated rings. The van der Waals surface area contributed by atoms with Crippen molar-refractivity contribution in [1.82, 2.24) is 14.9 Å². The topological polar surface area (TPSA) is 75.3 Å². The van der Waals surface area contributed by atoms with Gasteiger partial charge in [0.2, 0.25) is 0 Å². The van der Waals surface area contributed by atoms with Crippen molar-refractivity contribution < 1.29 is 8.83 Å². The minimum absolute atomic E-state index is 0.178. The molecule has 0 aliphatic carbocycles. The molecular weight excluding hydrogens is 318 g/mol. The molecule has 25 heavy (non-hydrogen) atoms. The van der Waals surface area contributed by atoms with Gasteiger partial charge in [-0.2, -0.15) is 0 Å². The molecule has 0 atom stereocenters. The maximum atomic E-state index is 12.4. The van der Waals surface area contributed by atoms with Gasteiger partial charge >= 0.3 is 0 Å². The van der Waals surface area contributed by atoms with E-state index in [9.17, 15) is 4.79 Å². The van der Waals surface area contributed by atoms with E-state index in [1.54, 1.807) is 12.5 Å². The van der Waals surface area contributed by atoms with Crippen LogP contribution < -0.4 is 5.56 Å². The molecular formula is C19H17N3O3. The Balaban J connectivity index is 1.63. The molecule has 6 heteroatoms. The third-order valence-corrected chi connectivity index (χ3v) is 3.96. The Morgan fingerprint density at radius 1 is 0.880 bits per heavy atom. The summed E-state index contributed by atoms with van der Waals surface area (Å²) in [4.78, 5) is 21.9. The Morgan fingerprint density at radius 2 is 1.56 bits per heavy atom. The van der Waals surface area contributed by atoms with Crippen LogP contribution in [0.4, 0.5) is 0 Å². The minimum atomic E-state index is -0.178. The highest BCUT2D eigenvalue weighted by Crippen LogP contribution is 2.14. The zero-order valence-corrected chi connectivity index (χ0v) is 13.5. The number of para-hydroxylation sites is 2. The highest BCUT2D eigenvalue weighted by Gasteiger charge is 2.15. The molecule has 0 radical (unpaired) electrons. The number of hydrogen-bond donors (Lipinski definition) is 1. The highest BCUT2D eigenvalue weighted by atomic mass is 16.3. The SMILES string of the molecule is O=c1[nH]c2ccccc2nc1CN(Cc1ccco1)Cc1ccco1. The summed E-state index contributed by atoms with van der Waals surface area (Å²) in [5.74, 6) is 1.65. The molecule has 4 aromatic rings. The van der Waals surface area contributed by atoms with Gasteiger partial charge in [0.25, 0.3) is 5.56 Å². The van der Waals surface area contributed by atoms with Crippen LogP contribution in [0, 0.1) is 0 Å². The molecule has 3 aromatic heterocycles. The van der Waals surface area contributed by atoms with E-state index in [1.165, 1.54) is 0 Å². The van der Waals surface area contributed by atoms with Crippen molar-refractivity contribution in [2.45, 2.75) is 19.6 Å². The van der Waals surface area contributed by atoms with Gasteiger partial charge in [0.05, 0.1) is 36.6 Å². The summed E-state index contributed by atoms with van der Waals surface area (Å²) in [6.07, 6.45) is 3.28. The summed E-state index contributed by atoms with van der Waals surface area (Å²) in [6, 6.07) is 15.0. The van der Waals surface area contributed by atoms with Crippen molar-refractivity contribution in [2.24, 2.45) is 0 Å². The van der Waals surface area contributed by atoms with Crippen LogP contribution >= 0.6 is 0 Å². The number of nitrogens with zero attached hydrogens (tertiary/aromatic N) is 2. The van der Waals surface area contributed by atoms with Gasteiger partial charge in [-0.3, -0.25) is 9.69 Å². The van der Waals surface area contributed by atoms with Crippen LogP contribution in [-0.2, 0) is 19.6 Å². The van der Waals surface area contributed by atoms with Gasteiger partial charge in [0.15, 0.2) is 0 Å². The fraction of sp³-hybridized carbons (Fsp3) is 0.158. The third-order valence-electron chi connectivity index (χ3n) is 3.96. The fourth-order valence-corrected chi connectivity index (χ4v) is 2.80. The summed E-state index contributed by atoms with van der Waals surface area (Å²) >= 11 is 0. The lowest BCUT2D eigenvalue weighted by Crippen LogP contribution is -2.27. The smallest absolute Gasteiger partial charge is 0.271 e. The number of rotatable bonds is 6. The number of nitrogens with one attached hydrogen (secondary N) is 1. The lowest BCUT2D eigenvalue weighted by molar-refractivity contribution is 0.206. The Labute approximate surface area is 143 Å². The van der Waals surface area contributed by atoms with E-state index in [0.717, 1.165) is 22.6 Å². The maximum absolute atomic E-state index is 12.4. The number of aromatic amines is 1. The second-order valence-corrected chi connectivity index (χ2v) is 5.83. The second-order valence-electron chi connectivity index (χ2n) is 5.83. The summed E-state index contributed by atoms with van der Waals surface area (Å²) in [7, 11) is 0. The van der Waals surface area contributed by atoms with Gasteiger partial charge in [-0.15, -0.1) is 0 Å². The first-order chi connectivity index (χ1) is 12.3. The number of aromatic nitrogens is 2. The van der Waals surface area contributed by atoms with E-state index in [0.29, 0.717) is 25.3 Å². The van der Waals surface area contributed by atoms with Crippen molar-refractivity contribution in [1.29, 1.82) is 0 Å². The zero-order chi connectivity index (χ0) is 17.1. The largest absolute Gasteiger partial charge is 0.468 e. The zero-order valence-electron chi connectivity index (χ0n) is 13.5. The number of benzene rings is 1. The number of furan rings is 2. The monoisotopic (exact) mass is 335 g/mol. The van der Waals surface area contributed by atoms with Gasteiger partial charge < -0.3 is 13.8 Å². The van der Waals surface area contributed by atoms with Crippen LogP contribution in [0.3, 0.4) is 0 Å². The molecule has 0 aliphatic rings. The highest BCUT2D eigenvalue weighted by molar-refractivity contribution is 5.73. The van der Waals surface area contributed by atoms with E-state index >= 15 is 0 Å². The second kappa shape index (κ2) is 6.78. The van der Waals surface area contributed by atoms with Crippen LogP contribution in [0.5, 0.6) is 0 Å². The Kier molecular flexibility index (Phi) is 4.18. The molecule has 126 valence electrons. The number of fused-ring (bicyclic) bond motifs is 1. The molecule has 0 bridgehead atoms. The molecule has 6 nitrogen and oxygen atoms in total. The van der Waals surface area contributed by atoms with Crippen LogP contribution in [0.15, 0.2) is 74.7 Å². The quantitative estimate of drug-likeness (QED) is 0.585. The Morgan fingerprint density at radius 3 is 2.20 bits per heavy atom. The molecule has 0 unspecified atom stereocenters. The molecule has 1 aromatic carbocycles. The van der Waals surface area contributed by atoms with Gasteiger partial charge in [0, 0.05) is 6.54 Å². The average Bonchev–Trinajstić information content (AvgIpc) is 3.29. The third kappa shape index (κ3) is 3.54. The van der Waals surface area contributed by atoms with Gasteiger partial charge in [0.1, 0.15) is 17.2 Å². The lowest BCUT2D eigenvalue weighted by Gasteiger charge is -2.19. The number of H-pyrrole nitrogens is 1. The summed E-state index contributed by atoms with van der Waals surface area (Å²) in [5, 5.41) is 0. The molecule has 1 N–H and O–H groups in total. The van der Waals surface area contributed by atoms with Crippen molar-refractivity contribution in [3.63, 3.8) is 0 Å². The standard InChI is InChI=1S/C19H17N3O3/c23-19-18(20-16-7-1-2-8-17(16)21-19)13-22(11-14-5-3-9-24-14)12-15-6-4-10-25-15/h1-10H,11-13H2,(H,21,23). The van der Waals surface area contributed by atoms with Crippen LogP contribution in [0.25, 0.3) is 11.0 Å². The normalized spacial score (nSPS) is 11.4. The van der Waals surface area contributed by atoms with E-state index in [4.69, 9.17) is 8.83 Å². The van der Waals surface area contributed by atoms with Crippen molar-refractivity contribution >= 4 is 11.0 Å². The molecule has 0 amide bonds. The van der Waals surface area contributed by atoms with Crippen molar-refractivity contribution in [3.05, 3.63) is 88.6 Å². The summed E-state index contributed by atoms with van der Waals surface area (Å²) in [6.45, 7) is 1.50. The Hall–Kier alpha value is -3.12. The molecule has 0 saturated carbocycles.